The third kappa shape index (κ3) is 4.13. The second kappa shape index (κ2) is 8.15. The molecule has 0 aromatic heterocycles. The largest absolute Gasteiger partial charge is 0.481 e. The van der Waals surface area contributed by atoms with Gasteiger partial charge in [-0.15, -0.1) is 0 Å². The summed E-state index contributed by atoms with van der Waals surface area (Å²) < 4.78 is 5.10. The fourth-order valence-electron chi connectivity index (χ4n) is 5.19. The van der Waals surface area contributed by atoms with Gasteiger partial charge >= 0.3 is 11.9 Å². The summed E-state index contributed by atoms with van der Waals surface area (Å²) in [7, 11) is 0. The molecule has 0 saturated heterocycles. The van der Waals surface area contributed by atoms with E-state index in [1.165, 1.54) is 12.5 Å². The standard InChI is InChI=1S/C22H36O6/c1-14-8-9-17-16(7-6-10-21(17,4)19(25)26)20(14,3)11-12-22(5,27)18(13-23)28-15(2)24/h7,14,17-18,23,27H,6,8-13H2,1-5H3,(H,25,26). The molecule has 3 N–H and O–H groups in total. The Balaban J connectivity index is 2.26. The van der Waals surface area contributed by atoms with Crippen LogP contribution < -0.4 is 0 Å². The van der Waals surface area contributed by atoms with Gasteiger partial charge in [0.25, 0.3) is 0 Å². The molecular formula is C22H36O6. The van der Waals surface area contributed by atoms with Gasteiger partial charge in [-0.1, -0.05) is 25.5 Å². The third-order valence-corrected chi connectivity index (χ3v) is 7.61. The molecule has 160 valence electrons. The van der Waals surface area contributed by atoms with Gasteiger partial charge in [-0.05, 0) is 69.6 Å². The van der Waals surface area contributed by atoms with Crippen molar-refractivity contribution >= 4 is 11.9 Å². The normalized spacial score (nSPS) is 35.9. The minimum absolute atomic E-state index is 0.00649. The first-order valence-electron chi connectivity index (χ1n) is 10.3. The van der Waals surface area contributed by atoms with Crippen LogP contribution >= 0.6 is 0 Å². The SMILES string of the molecule is CC(=O)OC(CO)C(C)(O)CCC1(C)C2=CCCC(C)(C(=O)O)C2CCC1C. The third-order valence-electron chi connectivity index (χ3n) is 7.61. The molecule has 0 radical (unpaired) electrons. The van der Waals surface area contributed by atoms with Crippen LogP contribution in [0.3, 0.4) is 0 Å². The summed E-state index contributed by atoms with van der Waals surface area (Å²) in [4.78, 5) is 23.3. The first kappa shape index (κ1) is 22.9. The van der Waals surface area contributed by atoms with Gasteiger partial charge in [0, 0.05) is 6.92 Å². The van der Waals surface area contributed by atoms with Crippen molar-refractivity contribution in [2.75, 3.05) is 6.61 Å². The van der Waals surface area contributed by atoms with Crippen LogP contribution in [0.5, 0.6) is 0 Å². The van der Waals surface area contributed by atoms with E-state index < -0.39 is 35.7 Å². The van der Waals surface area contributed by atoms with Gasteiger partial charge in [0.1, 0.15) is 5.60 Å². The lowest BCUT2D eigenvalue weighted by Gasteiger charge is -2.53. The number of carbonyl (C=O) groups excluding carboxylic acids is 1. The summed E-state index contributed by atoms with van der Waals surface area (Å²) in [6, 6.07) is 0. The highest BCUT2D eigenvalue weighted by atomic mass is 16.6. The van der Waals surface area contributed by atoms with Gasteiger partial charge in [-0.25, -0.2) is 0 Å². The van der Waals surface area contributed by atoms with Gasteiger partial charge in [0.05, 0.1) is 12.0 Å². The number of aliphatic hydroxyl groups is 2. The summed E-state index contributed by atoms with van der Waals surface area (Å²) in [5, 5.41) is 30.3. The van der Waals surface area contributed by atoms with Crippen LogP contribution in [0.1, 0.15) is 73.1 Å². The fourth-order valence-corrected chi connectivity index (χ4v) is 5.19. The molecule has 0 aromatic rings. The lowest BCUT2D eigenvalue weighted by Crippen LogP contribution is -2.49. The van der Waals surface area contributed by atoms with E-state index in [1.807, 2.05) is 6.92 Å². The molecule has 6 unspecified atom stereocenters. The van der Waals surface area contributed by atoms with Crippen molar-refractivity contribution in [1.29, 1.82) is 0 Å². The summed E-state index contributed by atoms with van der Waals surface area (Å²) in [5.74, 6) is -0.915. The topological polar surface area (TPSA) is 104 Å². The van der Waals surface area contributed by atoms with E-state index >= 15 is 0 Å². The van der Waals surface area contributed by atoms with E-state index in [2.05, 4.69) is 19.9 Å². The molecule has 1 saturated carbocycles. The fraction of sp³-hybridized carbons (Fsp3) is 0.818. The predicted octanol–water partition coefficient (Wildman–Crippen LogP) is 3.31. The van der Waals surface area contributed by atoms with E-state index in [0.717, 1.165) is 19.3 Å². The average Bonchev–Trinajstić information content (AvgIpc) is 2.61. The van der Waals surface area contributed by atoms with Crippen LogP contribution in [-0.4, -0.2) is 45.6 Å². The van der Waals surface area contributed by atoms with Crippen molar-refractivity contribution in [1.82, 2.24) is 0 Å². The number of ether oxygens (including phenoxy) is 1. The van der Waals surface area contributed by atoms with Crippen molar-refractivity contribution in [3.8, 4) is 0 Å². The summed E-state index contributed by atoms with van der Waals surface area (Å²) >= 11 is 0. The minimum Gasteiger partial charge on any atom is -0.481 e. The van der Waals surface area contributed by atoms with Gasteiger partial charge in [0.15, 0.2) is 6.10 Å². The summed E-state index contributed by atoms with van der Waals surface area (Å²) in [6.07, 6.45) is 5.43. The molecule has 2 rings (SSSR count). The number of aliphatic hydroxyl groups excluding tert-OH is 1. The zero-order valence-electron chi connectivity index (χ0n) is 17.8. The molecule has 2 aliphatic carbocycles. The summed E-state index contributed by atoms with van der Waals surface area (Å²) in [6.45, 7) is 8.62. The molecule has 0 aliphatic heterocycles. The Morgan fingerprint density at radius 2 is 2.00 bits per heavy atom. The number of hydrogen-bond acceptors (Lipinski definition) is 5. The Morgan fingerprint density at radius 3 is 2.54 bits per heavy atom. The highest BCUT2D eigenvalue weighted by Gasteiger charge is 2.53. The first-order valence-corrected chi connectivity index (χ1v) is 10.3. The van der Waals surface area contributed by atoms with Gasteiger partial charge in [-0.2, -0.15) is 0 Å². The second-order valence-electron chi connectivity index (χ2n) is 9.51. The Hall–Kier alpha value is -1.40. The van der Waals surface area contributed by atoms with E-state index in [9.17, 15) is 24.9 Å². The molecule has 0 amide bonds. The highest BCUT2D eigenvalue weighted by Crippen LogP contribution is 2.58. The molecule has 6 heteroatoms. The van der Waals surface area contributed by atoms with Crippen molar-refractivity contribution in [3.63, 3.8) is 0 Å². The van der Waals surface area contributed by atoms with Crippen LogP contribution in [0.25, 0.3) is 0 Å². The zero-order valence-corrected chi connectivity index (χ0v) is 17.8. The number of allylic oxidation sites excluding steroid dienone is 2. The predicted molar refractivity (Wildman–Crippen MR) is 106 cm³/mol. The Bertz CT molecular complexity index is 639. The maximum Gasteiger partial charge on any atom is 0.309 e. The molecule has 0 heterocycles. The van der Waals surface area contributed by atoms with Gasteiger partial charge < -0.3 is 20.1 Å². The molecule has 6 atom stereocenters. The lowest BCUT2D eigenvalue weighted by atomic mass is 9.51. The molecule has 28 heavy (non-hydrogen) atoms. The number of aliphatic carboxylic acids is 1. The van der Waals surface area contributed by atoms with Crippen LogP contribution in [-0.2, 0) is 14.3 Å². The Kier molecular flexibility index (Phi) is 6.66. The molecule has 0 bridgehead atoms. The lowest BCUT2D eigenvalue weighted by molar-refractivity contribution is -0.167. The Labute approximate surface area is 168 Å². The number of hydrogen-bond donors (Lipinski definition) is 3. The number of fused-ring (bicyclic) bond motifs is 1. The minimum atomic E-state index is -1.36. The quantitative estimate of drug-likeness (QED) is 0.450. The van der Waals surface area contributed by atoms with Crippen LogP contribution in [0.2, 0.25) is 0 Å². The Morgan fingerprint density at radius 1 is 1.36 bits per heavy atom. The van der Waals surface area contributed by atoms with Crippen molar-refractivity contribution < 1.29 is 29.6 Å². The molecule has 6 nitrogen and oxygen atoms in total. The van der Waals surface area contributed by atoms with Crippen molar-refractivity contribution in [3.05, 3.63) is 11.6 Å². The number of carboxylic acid groups (broad SMARTS) is 1. The van der Waals surface area contributed by atoms with Crippen LogP contribution in [0, 0.1) is 22.7 Å². The number of esters is 1. The van der Waals surface area contributed by atoms with E-state index in [-0.39, 0.29) is 11.3 Å². The highest BCUT2D eigenvalue weighted by molar-refractivity contribution is 5.75. The number of carbonyl (C=O) groups is 2. The van der Waals surface area contributed by atoms with Crippen molar-refractivity contribution in [2.45, 2.75) is 84.8 Å². The molecule has 0 aromatic carbocycles. The number of rotatable bonds is 7. The van der Waals surface area contributed by atoms with Gasteiger partial charge in [-0.3, -0.25) is 9.59 Å². The average molecular weight is 397 g/mol. The van der Waals surface area contributed by atoms with Crippen molar-refractivity contribution in [2.24, 2.45) is 22.7 Å². The maximum atomic E-state index is 12.0. The molecular weight excluding hydrogens is 360 g/mol. The van der Waals surface area contributed by atoms with E-state index in [0.29, 0.717) is 25.2 Å². The smallest absolute Gasteiger partial charge is 0.309 e. The number of carboxylic acids is 1. The molecule has 0 spiro atoms. The molecule has 2 aliphatic rings. The monoisotopic (exact) mass is 396 g/mol. The van der Waals surface area contributed by atoms with E-state index in [1.54, 1.807) is 6.92 Å². The van der Waals surface area contributed by atoms with Gasteiger partial charge in [0.2, 0.25) is 0 Å². The van der Waals surface area contributed by atoms with Crippen LogP contribution in [0.4, 0.5) is 0 Å². The summed E-state index contributed by atoms with van der Waals surface area (Å²) in [5.41, 5.74) is -1.15. The first-order chi connectivity index (χ1) is 12.9. The maximum absolute atomic E-state index is 12.0. The second-order valence-corrected chi connectivity index (χ2v) is 9.51. The molecule has 1 fully saturated rings. The van der Waals surface area contributed by atoms with E-state index in [4.69, 9.17) is 4.74 Å². The van der Waals surface area contributed by atoms with Crippen LogP contribution in [0.15, 0.2) is 11.6 Å². The zero-order chi connectivity index (χ0) is 21.3.